The van der Waals surface area contributed by atoms with Crippen LogP contribution in [-0.2, 0) is 0 Å². The highest BCUT2D eigenvalue weighted by Crippen LogP contribution is 2.42. The molecule has 5 rings (SSSR count). The summed E-state index contributed by atoms with van der Waals surface area (Å²) in [6.45, 7) is 4.36. The van der Waals surface area contributed by atoms with Crippen molar-refractivity contribution in [1.29, 1.82) is 0 Å². The monoisotopic (exact) mass is 305 g/mol. The van der Waals surface area contributed by atoms with Gasteiger partial charge in [0.2, 0.25) is 6.79 Å². The Morgan fingerprint density at radius 1 is 1.04 bits per heavy atom. The third-order valence-electron chi connectivity index (χ3n) is 4.36. The van der Waals surface area contributed by atoms with E-state index in [1.165, 1.54) is 0 Å². The zero-order valence-electron chi connectivity index (χ0n) is 12.9. The first-order valence-electron chi connectivity index (χ1n) is 7.64. The summed E-state index contributed by atoms with van der Waals surface area (Å²) in [6.07, 6.45) is 6.04. The highest BCUT2D eigenvalue weighted by atomic mass is 16.7. The average molecular weight is 305 g/mol. The maximum atomic E-state index is 6.17. The standard InChI is InChI=1S/C19H15NO3/c1-19(2)6-5-11-3-4-13-14-8-16-15(21-10-22-16)7-12(14)9-20-17(13)18(11)23-19/h3-9H,10H2,1-2H3. The van der Waals surface area contributed by atoms with Crippen LogP contribution in [-0.4, -0.2) is 17.4 Å². The first-order valence-corrected chi connectivity index (χ1v) is 7.64. The molecule has 0 saturated heterocycles. The first kappa shape index (κ1) is 12.8. The van der Waals surface area contributed by atoms with Gasteiger partial charge >= 0.3 is 0 Å². The van der Waals surface area contributed by atoms with Crippen LogP contribution in [0.5, 0.6) is 17.2 Å². The topological polar surface area (TPSA) is 40.6 Å². The van der Waals surface area contributed by atoms with Crippen molar-refractivity contribution in [2.24, 2.45) is 0 Å². The average Bonchev–Trinajstić information content (AvgIpc) is 2.98. The van der Waals surface area contributed by atoms with E-state index in [4.69, 9.17) is 14.2 Å². The zero-order valence-corrected chi connectivity index (χ0v) is 12.9. The highest BCUT2D eigenvalue weighted by molar-refractivity contribution is 6.09. The molecule has 114 valence electrons. The quantitative estimate of drug-likeness (QED) is 0.581. The Balaban J connectivity index is 1.85. The van der Waals surface area contributed by atoms with Gasteiger partial charge < -0.3 is 14.2 Å². The van der Waals surface area contributed by atoms with Crippen molar-refractivity contribution in [2.75, 3.05) is 6.79 Å². The van der Waals surface area contributed by atoms with Gasteiger partial charge in [-0.3, -0.25) is 4.98 Å². The molecule has 3 aromatic rings. The third-order valence-corrected chi connectivity index (χ3v) is 4.36. The number of aromatic nitrogens is 1. The normalized spacial score (nSPS) is 17.3. The van der Waals surface area contributed by atoms with E-state index < -0.39 is 0 Å². The molecule has 3 heterocycles. The Labute approximate surface area is 133 Å². The van der Waals surface area contributed by atoms with Gasteiger partial charge in [0.25, 0.3) is 0 Å². The summed E-state index contributed by atoms with van der Waals surface area (Å²) in [7, 11) is 0. The van der Waals surface area contributed by atoms with Crippen molar-refractivity contribution in [1.82, 2.24) is 4.98 Å². The van der Waals surface area contributed by atoms with Crippen LogP contribution in [0.2, 0.25) is 0 Å². The van der Waals surface area contributed by atoms with Gasteiger partial charge in [-0.25, -0.2) is 0 Å². The molecular formula is C19H15NO3. The molecule has 2 aromatic carbocycles. The largest absolute Gasteiger partial charge is 0.481 e. The Bertz CT molecular complexity index is 1000. The minimum Gasteiger partial charge on any atom is -0.481 e. The summed E-state index contributed by atoms with van der Waals surface area (Å²) in [5, 5.41) is 3.19. The van der Waals surface area contributed by atoms with E-state index in [2.05, 4.69) is 29.3 Å². The lowest BCUT2D eigenvalue weighted by atomic mass is 9.98. The molecule has 4 heteroatoms. The predicted molar refractivity (Wildman–Crippen MR) is 89.1 cm³/mol. The summed E-state index contributed by atoms with van der Waals surface area (Å²) < 4.78 is 17.1. The Kier molecular flexibility index (Phi) is 2.31. The zero-order chi connectivity index (χ0) is 15.6. The van der Waals surface area contributed by atoms with Gasteiger partial charge in [-0.1, -0.05) is 18.2 Å². The molecule has 2 aliphatic rings. The molecule has 0 amide bonds. The smallest absolute Gasteiger partial charge is 0.231 e. The number of rotatable bonds is 0. The molecule has 0 aliphatic carbocycles. The number of ether oxygens (including phenoxy) is 3. The van der Waals surface area contributed by atoms with E-state index >= 15 is 0 Å². The summed E-state index contributed by atoms with van der Waals surface area (Å²) in [4.78, 5) is 4.66. The van der Waals surface area contributed by atoms with E-state index in [0.717, 1.165) is 44.5 Å². The van der Waals surface area contributed by atoms with Crippen molar-refractivity contribution in [2.45, 2.75) is 19.4 Å². The predicted octanol–water partition coefficient (Wildman–Crippen LogP) is 4.30. The lowest BCUT2D eigenvalue weighted by molar-refractivity contribution is 0.161. The van der Waals surface area contributed by atoms with Gasteiger partial charge in [0.15, 0.2) is 17.2 Å². The molecule has 0 atom stereocenters. The molecule has 2 aliphatic heterocycles. The van der Waals surface area contributed by atoms with Gasteiger partial charge in [-0.15, -0.1) is 0 Å². The van der Waals surface area contributed by atoms with E-state index in [9.17, 15) is 0 Å². The minimum atomic E-state index is -0.327. The molecule has 1 aromatic heterocycles. The lowest BCUT2D eigenvalue weighted by Crippen LogP contribution is -2.27. The lowest BCUT2D eigenvalue weighted by Gasteiger charge is -2.28. The highest BCUT2D eigenvalue weighted by Gasteiger charge is 2.24. The molecule has 0 fully saturated rings. The van der Waals surface area contributed by atoms with Crippen LogP contribution in [0.4, 0.5) is 0 Å². The van der Waals surface area contributed by atoms with E-state index in [1.54, 1.807) is 0 Å². The van der Waals surface area contributed by atoms with Crippen LogP contribution in [0.25, 0.3) is 27.8 Å². The fourth-order valence-electron chi connectivity index (χ4n) is 3.19. The van der Waals surface area contributed by atoms with E-state index in [-0.39, 0.29) is 12.4 Å². The van der Waals surface area contributed by atoms with Crippen LogP contribution < -0.4 is 14.2 Å². The molecule has 0 bridgehead atoms. The van der Waals surface area contributed by atoms with E-state index in [1.807, 2.05) is 32.2 Å². The van der Waals surface area contributed by atoms with Crippen molar-refractivity contribution in [3.05, 3.63) is 42.1 Å². The SMILES string of the molecule is CC1(C)C=Cc2ccc3c(ncc4cc5c(cc43)OCO5)c2O1. The fraction of sp³-hybridized carbons (Fsp3) is 0.211. The van der Waals surface area contributed by atoms with Crippen LogP contribution in [0.15, 0.2) is 36.5 Å². The van der Waals surface area contributed by atoms with Crippen LogP contribution >= 0.6 is 0 Å². The summed E-state index contributed by atoms with van der Waals surface area (Å²) in [5.74, 6) is 2.40. The number of hydrogen-bond acceptors (Lipinski definition) is 4. The summed E-state index contributed by atoms with van der Waals surface area (Å²) in [5.41, 5.74) is 1.61. The number of hydrogen-bond donors (Lipinski definition) is 0. The second kappa shape index (κ2) is 4.16. The van der Waals surface area contributed by atoms with Gasteiger partial charge in [0, 0.05) is 22.5 Å². The number of fused-ring (bicyclic) bond motifs is 6. The molecule has 0 radical (unpaired) electrons. The van der Waals surface area contributed by atoms with Gasteiger partial charge in [0.05, 0.1) is 0 Å². The maximum Gasteiger partial charge on any atom is 0.231 e. The number of nitrogens with zero attached hydrogens (tertiary/aromatic N) is 1. The van der Waals surface area contributed by atoms with Crippen molar-refractivity contribution in [3.63, 3.8) is 0 Å². The van der Waals surface area contributed by atoms with Crippen molar-refractivity contribution < 1.29 is 14.2 Å². The molecule has 4 nitrogen and oxygen atoms in total. The second-order valence-corrected chi connectivity index (χ2v) is 6.47. The molecule has 0 spiro atoms. The van der Waals surface area contributed by atoms with Crippen LogP contribution in [0.1, 0.15) is 19.4 Å². The summed E-state index contributed by atoms with van der Waals surface area (Å²) >= 11 is 0. The molecule has 0 saturated carbocycles. The number of pyridine rings is 1. The first-order chi connectivity index (χ1) is 11.1. The van der Waals surface area contributed by atoms with E-state index in [0.29, 0.717) is 0 Å². The summed E-state index contributed by atoms with van der Waals surface area (Å²) in [6, 6.07) is 8.18. The third kappa shape index (κ3) is 1.81. The fourth-order valence-corrected chi connectivity index (χ4v) is 3.19. The Morgan fingerprint density at radius 3 is 2.74 bits per heavy atom. The van der Waals surface area contributed by atoms with Crippen molar-refractivity contribution >= 4 is 27.8 Å². The molecule has 23 heavy (non-hydrogen) atoms. The van der Waals surface area contributed by atoms with Gasteiger partial charge in [0.1, 0.15) is 11.1 Å². The van der Waals surface area contributed by atoms with Gasteiger partial charge in [-0.2, -0.15) is 0 Å². The number of benzene rings is 2. The minimum absolute atomic E-state index is 0.272. The Morgan fingerprint density at radius 2 is 1.87 bits per heavy atom. The van der Waals surface area contributed by atoms with Crippen LogP contribution in [0.3, 0.4) is 0 Å². The van der Waals surface area contributed by atoms with Crippen LogP contribution in [0, 0.1) is 0 Å². The molecular weight excluding hydrogens is 290 g/mol. The molecule has 0 unspecified atom stereocenters. The Hall–Kier alpha value is -2.75. The van der Waals surface area contributed by atoms with Gasteiger partial charge in [-0.05, 0) is 37.4 Å². The molecule has 0 N–H and O–H groups in total. The maximum absolute atomic E-state index is 6.17. The van der Waals surface area contributed by atoms with Crippen molar-refractivity contribution in [3.8, 4) is 17.2 Å². The second-order valence-electron chi connectivity index (χ2n) is 6.47.